The fourth-order valence-corrected chi connectivity index (χ4v) is 2.79. The van der Waals surface area contributed by atoms with Gasteiger partial charge in [0.2, 0.25) is 0 Å². The highest BCUT2D eigenvalue weighted by molar-refractivity contribution is 6.30. The summed E-state index contributed by atoms with van der Waals surface area (Å²) < 4.78 is 0. The summed E-state index contributed by atoms with van der Waals surface area (Å²) >= 11 is 6.04. The van der Waals surface area contributed by atoms with E-state index in [-0.39, 0.29) is 6.42 Å². The zero-order valence-electron chi connectivity index (χ0n) is 12.5. The third kappa shape index (κ3) is 3.27. The van der Waals surface area contributed by atoms with Crippen molar-refractivity contribution in [3.63, 3.8) is 0 Å². The van der Waals surface area contributed by atoms with Crippen molar-refractivity contribution in [2.24, 2.45) is 0 Å². The predicted octanol–water partition coefficient (Wildman–Crippen LogP) is 4.57. The minimum Gasteiger partial charge on any atom is -0.481 e. The first-order chi connectivity index (χ1) is 11.0. The van der Waals surface area contributed by atoms with Gasteiger partial charge in [-0.2, -0.15) is 0 Å². The number of benzene rings is 2. The fraction of sp³-hybridized carbons (Fsp3) is 0.111. The Morgan fingerprint density at radius 2 is 2.00 bits per heavy atom. The van der Waals surface area contributed by atoms with Crippen molar-refractivity contribution in [2.75, 3.05) is 5.32 Å². The maximum absolute atomic E-state index is 11.2. The molecule has 0 amide bonds. The van der Waals surface area contributed by atoms with Crippen molar-refractivity contribution in [3.8, 4) is 0 Å². The summed E-state index contributed by atoms with van der Waals surface area (Å²) in [6, 6.07) is 15.0. The van der Waals surface area contributed by atoms with E-state index in [9.17, 15) is 9.90 Å². The van der Waals surface area contributed by atoms with Crippen molar-refractivity contribution in [1.82, 2.24) is 4.98 Å². The monoisotopic (exact) mass is 326 g/mol. The topological polar surface area (TPSA) is 62.2 Å². The van der Waals surface area contributed by atoms with Crippen LogP contribution in [0, 0.1) is 6.92 Å². The zero-order valence-corrected chi connectivity index (χ0v) is 13.3. The van der Waals surface area contributed by atoms with Crippen LogP contribution in [0.3, 0.4) is 0 Å². The molecule has 116 valence electrons. The quantitative estimate of drug-likeness (QED) is 0.737. The number of carboxylic acids is 1. The molecule has 2 N–H and O–H groups in total. The van der Waals surface area contributed by atoms with E-state index in [1.165, 1.54) is 0 Å². The van der Waals surface area contributed by atoms with Gasteiger partial charge in [-0.25, -0.2) is 0 Å². The molecule has 0 fully saturated rings. The van der Waals surface area contributed by atoms with Crippen LogP contribution in [0.2, 0.25) is 5.02 Å². The predicted molar refractivity (Wildman–Crippen MR) is 92.6 cm³/mol. The Balaban J connectivity index is 2.20. The number of nitrogens with zero attached hydrogens (tertiary/aromatic N) is 1. The number of hydrogen-bond donors (Lipinski definition) is 2. The highest BCUT2D eigenvalue weighted by Crippen LogP contribution is 2.32. The highest BCUT2D eigenvalue weighted by Gasteiger charge is 2.15. The van der Waals surface area contributed by atoms with Crippen LogP contribution in [0.25, 0.3) is 10.9 Å². The van der Waals surface area contributed by atoms with Crippen LogP contribution in [-0.2, 0) is 11.2 Å². The number of halogens is 1. The van der Waals surface area contributed by atoms with Crippen molar-refractivity contribution in [2.45, 2.75) is 13.3 Å². The number of para-hydroxylation sites is 1. The van der Waals surface area contributed by atoms with Gasteiger partial charge in [0.05, 0.1) is 17.6 Å². The largest absolute Gasteiger partial charge is 0.481 e. The van der Waals surface area contributed by atoms with Crippen molar-refractivity contribution < 1.29 is 9.90 Å². The third-order valence-electron chi connectivity index (χ3n) is 3.62. The second-order valence-electron chi connectivity index (χ2n) is 5.27. The van der Waals surface area contributed by atoms with Crippen molar-refractivity contribution in [1.29, 1.82) is 0 Å². The lowest BCUT2D eigenvalue weighted by molar-refractivity contribution is -0.136. The van der Waals surface area contributed by atoms with Crippen LogP contribution in [0.4, 0.5) is 11.4 Å². The first-order valence-corrected chi connectivity index (χ1v) is 7.55. The molecule has 5 heteroatoms. The van der Waals surface area contributed by atoms with Gasteiger partial charge in [0, 0.05) is 27.4 Å². The number of carbonyl (C=O) groups is 1. The van der Waals surface area contributed by atoms with Gasteiger partial charge in [-0.05, 0) is 31.2 Å². The lowest BCUT2D eigenvalue weighted by Gasteiger charge is -2.16. The Kier molecular flexibility index (Phi) is 4.17. The molecule has 0 saturated heterocycles. The molecule has 0 aliphatic rings. The molecule has 0 radical (unpaired) electrons. The second-order valence-corrected chi connectivity index (χ2v) is 5.71. The van der Waals surface area contributed by atoms with E-state index in [0.717, 1.165) is 22.3 Å². The minimum absolute atomic E-state index is 0.0907. The van der Waals surface area contributed by atoms with E-state index in [4.69, 9.17) is 11.6 Å². The third-order valence-corrected chi connectivity index (χ3v) is 3.86. The van der Waals surface area contributed by atoms with Gasteiger partial charge in [-0.1, -0.05) is 35.9 Å². The Morgan fingerprint density at radius 1 is 1.22 bits per heavy atom. The Labute approximate surface area is 138 Å². The van der Waals surface area contributed by atoms with Crippen LogP contribution < -0.4 is 5.32 Å². The summed E-state index contributed by atoms with van der Waals surface area (Å²) in [7, 11) is 0. The number of hydrogen-bond acceptors (Lipinski definition) is 3. The number of pyridine rings is 1. The Bertz CT molecular complexity index is 893. The van der Waals surface area contributed by atoms with E-state index >= 15 is 0 Å². The summed E-state index contributed by atoms with van der Waals surface area (Å²) in [5.74, 6) is -0.890. The van der Waals surface area contributed by atoms with Gasteiger partial charge in [-0.3, -0.25) is 9.78 Å². The Hall–Kier alpha value is -2.59. The number of aryl methyl sites for hydroxylation is 1. The summed E-state index contributed by atoms with van der Waals surface area (Å²) in [6.45, 7) is 1.83. The molecule has 0 atom stereocenters. The lowest BCUT2D eigenvalue weighted by Crippen LogP contribution is -2.08. The molecule has 1 aromatic heterocycles. The maximum Gasteiger partial charge on any atom is 0.307 e. The second kappa shape index (κ2) is 6.26. The molecule has 3 rings (SSSR count). The number of rotatable bonds is 4. The first-order valence-electron chi connectivity index (χ1n) is 7.17. The van der Waals surface area contributed by atoms with Crippen LogP contribution in [0.15, 0.2) is 48.5 Å². The number of carboxylic acid groups (broad SMARTS) is 1. The van der Waals surface area contributed by atoms with E-state index in [0.29, 0.717) is 16.3 Å². The van der Waals surface area contributed by atoms with Gasteiger partial charge in [0.25, 0.3) is 0 Å². The van der Waals surface area contributed by atoms with E-state index in [2.05, 4.69) is 10.3 Å². The normalized spacial score (nSPS) is 10.7. The molecule has 3 aromatic rings. The molecule has 0 bridgehead atoms. The lowest BCUT2D eigenvalue weighted by atomic mass is 10.0. The zero-order chi connectivity index (χ0) is 16.4. The van der Waals surface area contributed by atoms with Crippen LogP contribution in [-0.4, -0.2) is 16.1 Å². The number of aliphatic carboxylic acids is 1. The molecule has 23 heavy (non-hydrogen) atoms. The molecule has 4 nitrogen and oxygen atoms in total. The summed E-state index contributed by atoms with van der Waals surface area (Å²) in [5, 5.41) is 14.0. The number of fused-ring (bicyclic) bond motifs is 1. The standard InChI is InChI=1S/C18H15ClN2O2/c1-11-15(10-17(22)23)18(14-7-2-3-8-16(14)20-11)21-13-6-4-5-12(19)9-13/h2-9H,10H2,1H3,(H,20,21)(H,22,23). The molecular formula is C18H15ClN2O2. The van der Waals surface area contributed by atoms with E-state index in [1.807, 2.05) is 43.3 Å². The van der Waals surface area contributed by atoms with E-state index < -0.39 is 5.97 Å². The minimum atomic E-state index is -0.890. The van der Waals surface area contributed by atoms with Crippen LogP contribution in [0.5, 0.6) is 0 Å². The molecule has 1 heterocycles. The number of anilines is 2. The first kappa shape index (κ1) is 15.3. The fourth-order valence-electron chi connectivity index (χ4n) is 2.60. The number of nitrogens with one attached hydrogen (secondary N) is 1. The molecule has 0 saturated carbocycles. The average molecular weight is 327 g/mol. The molecule has 0 aliphatic carbocycles. The van der Waals surface area contributed by atoms with Gasteiger partial charge < -0.3 is 10.4 Å². The molecule has 0 unspecified atom stereocenters. The summed E-state index contributed by atoms with van der Waals surface area (Å²) in [4.78, 5) is 15.8. The SMILES string of the molecule is Cc1nc2ccccc2c(Nc2cccc(Cl)c2)c1CC(=O)O. The van der Waals surface area contributed by atoms with Gasteiger partial charge in [0.15, 0.2) is 0 Å². The highest BCUT2D eigenvalue weighted by atomic mass is 35.5. The van der Waals surface area contributed by atoms with Crippen molar-refractivity contribution >= 4 is 39.8 Å². The molecule has 2 aromatic carbocycles. The van der Waals surface area contributed by atoms with E-state index in [1.54, 1.807) is 12.1 Å². The van der Waals surface area contributed by atoms with Crippen LogP contribution in [0.1, 0.15) is 11.3 Å². The molecule has 0 spiro atoms. The summed E-state index contributed by atoms with van der Waals surface area (Å²) in [5.41, 5.74) is 3.77. The number of aromatic nitrogens is 1. The average Bonchev–Trinajstić information content (AvgIpc) is 2.50. The van der Waals surface area contributed by atoms with Gasteiger partial charge in [0.1, 0.15) is 0 Å². The van der Waals surface area contributed by atoms with Crippen LogP contribution >= 0.6 is 11.6 Å². The smallest absolute Gasteiger partial charge is 0.307 e. The van der Waals surface area contributed by atoms with Gasteiger partial charge >= 0.3 is 5.97 Å². The molecule has 0 aliphatic heterocycles. The van der Waals surface area contributed by atoms with Gasteiger partial charge in [-0.15, -0.1) is 0 Å². The molecular weight excluding hydrogens is 312 g/mol. The summed E-state index contributed by atoms with van der Waals surface area (Å²) in [6.07, 6.45) is -0.0907. The Morgan fingerprint density at radius 3 is 2.74 bits per heavy atom. The maximum atomic E-state index is 11.2. The van der Waals surface area contributed by atoms with Crippen molar-refractivity contribution in [3.05, 3.63) is 64.8 Å².